The third-order valence-corrected chi connectivity index (χ3v) is 3.43. The smallest absolute Gasteiger partial charge is 0.250 e. The summed E-state index contributed by atoms with van der Waals surface area (Å²) in [5.41, 5.74) is 7.56. The van der Waals surface area contributed by atoms with Crippen LogP contribution in [0.1, 0.15) is 11.1 Å². The second-order valence-electron chi connectivity index (χ2n) is 5.10. The van der Waals surface area contributed by atoms with Gasteiger partial charge in [0.25, 0.3) is 5.91 Å². The van der Waals surface area contributed by atoms with Crippen LogP contribution < -0.4 is 15.8 Å². The van der Waals surface area contributed by atoms with E-state index in [2.05, 4.69) is 5.32 Å². The number of carbonyl (C=O) groups excluding carboxylic acids is 1. The van der Waals surface area contributed by atoms with E-state index in [0.29, 0.717) is 13.2 Å². The Hall–Kier alpha value is -2.08. The summed E-state index contributed by atoms with van der Waals surface area (Å²) in [5, 5.41) is 2.79. The first kappa shape index (κ1) is 20.0. The highest BCUT2D eigenvalue weighted by molar-refractivity contribution is 5.85. The molecular weight excluding hydrogens is 328 g/mol. The van der Waals surface area contributed by atoms with Gasteiger partial charge in [0.1, 0.15) is 18.5 Å². The summed E-state index contributed by atoms with van der Waals surface area (Å²) in [6.45, 7) is 1.12. The highest BCUT2D eigenvalue weighted by atomic mass is 35.5. The van der Waals surface area contributed by atoms with Gasteiger partial charge in [0.2, 0.25) is 0 Å². The van der Waals surface area contributed by atoms with Gasteiger partial charge in [-0.1, -0.05) is 42.5 Å². The van der Waals surface area contributed by atoms with Crippen LogP contribution in [0.3, 0.4) is 0 Å². The molecule has 0 radical (unpaired) electrons. The highest BCUT2D eigenvalue weighted by Gasteiger charge is 2.14. The van der Waals surface area contributed by atoms with Crippen LogP contribution in [0.4, 0.5) is 0 Å². The van der Waals surface area contributed by atoms with Crippen LogP contribution in [0.5, 0.6) is 5.75 Å². The maximum absolute atomic E-state index is 11.8. The Balaban J connectivity index is 0.00000288. The van der Waals surface area contributed by atoms with Crippen molar-refractivity contribution in [2.24, 2.45) is 5.73 Å². The van der Waals surface area contributed by atoms with Crippen LogP contribution in [0.15, 0.2) is 54.6 Å². The lowest BCUT2D eigenvalue weighted by atomic mass is 10.2. The second-order valence-corrected chi connectivity index (χ2v) is 5.10. The van der Waals surface area contributed by atoms with E-state index in [0.717, 1.165) is 16.9 Å². The van der Waals surface area contributed by atoms with E-state index in [9.17, 15) is 4.79 Å². The summed E-state index contributed by atoms with van der Waals surface area (Å²) < 4.78 is 10.7. The Kier molecular flexibility index (Phi) is 8.86. The number of ether oxygens (including phenoxy) is 2. The molecule has 1 atom stereocenters. The summed E-state index contributed by atoms with van der Waals surface area (Å²) in [4.78, 5) is 11.8. The Morgan fingerprint density at radius 1 is 1.08 bits per heavy atom. The number of rotatable bonds is 8. The zero-order valence-electron chi connectivity index (χ0n) is 13.6. The predicted molar refractivity (Wildman–Crippen MR) is 96.2 cm³/mol. The van der Waals surface area contributed by atoms with E-state index >= 15 is 0 Å². The SMILES string of the molecule is COC(CN)C(=O)NCc1ccc(OCc2ccccc2)cc1.Cl. The molecule has 0 saturated carbocycles. The van der Waals surface area contributed by atoms with Crippen molar-refractivity contribution in [3.05, 3.63) is 65.7 Å². The first-order valence-electron chi connectivity index (χ1n) is 7.49. The predicted octanol–water partition coefficient (Wildman–Crippen LogP) is 2.28. The summed E-state index contributed by atoms with van der Waals surface area (Å²) >= 11 is 0. The van der Waals surface area contributed by atoms with E-state index in [1.807, 2.05) is 54.6 Å². The molecule has 130 valence electrons. The van der Waals surface area contributed by atoms with Crippen molar-refractivity contribution in [1.82, 2.24) is 5.32 Å². The lowest BCUT2D eigenvalue weighted by Gasteiger charge is -2.13. The van der Waals surface area contributed by atoms with Crippen molar-refractivity contribution in [3.8, 4) is 5.75 Å². The van der Waals surface area contributed by atoms with Crippen molar-refractivity contribution >= 4 is 18.3 Å². The molecule has 2 rings (SSSR count). The molecule has 0 aliphatic rings. The summed E-state index contributed by atoms with van der Waals surface area (Å²) in [6, 6.07) is 17.6. The van der Waals surface area contributed by atoms with Crippen molar-refractivity contribution in [1.29, 1.82) is 0 Å². The first-order valence-corrected chi connectivity index (χ1v) is 7.49. The van der Waals surface area contributed by atoms with Crippen LogP contribution in [-0.4, -0.2) is 25.7 Å². The molecule has 0 spiro atoms. The van der Waals surface area contributed by atoms with Crippen LogP contribution >= 0.6 is 12.4 Å². The summed E-state index contributed by atoms with van der Waals surface area (Å²) in [6.07, 6.45) is -0.608. The van der Waals surface area contributed by atoms with Crippen molar-refractivity contribution in [2.45, 2.75) is 19.3 Å². The zero-order valence-corrected chi connectivity index (χ0v) is 14.4. The molecule has 0 saturated heterocycles. The normalized spacial score (nSPS) is 11.2. The Morgan fingerprint density at radius 3 is 2.33 bits per heavy atom. The van der Waals surface area contributed by atoms with Gasteiger partial charge in [0.15, 0.2) is 0 Å². The Bertz CT molecular complexity index is 601. The largest absolute Gasteiger partial charge is 0.489 e. The third kappa shape index (κ3) is 6.20. The molecule has 0 aliphatic carbocycles. The van der Waals surface area contributed by atoms with Crippen molar-refractivity contribution in [2.75, 3.05) is 13.7 Å². The molecule has 2 aromatic rings. The van der Waals surface area contributed by atoms with Gasteiger partial charge in [-0.15, -0.1) is 12.4 Å². The molecule has 0 aromatic heterocycles. The lowest BCUT2D eigenvalue weighted by molar-refractivity contribution is -0.130. The van der Waals surface area contributed by atoms with Crippen LogP contribution in [0.2, 0.25) is 0 Å². The Labute approximate surface area is 148 Å². The molecule has 24 heavy (non-hydrogen) atoms. The number of methoxy groups -OCH3 is 1. The van der Waals surface area contributed by atoms with Crippen LogP contribution in [0.25, 0.3) is 0 Å². The molecule has 5 nitrogen and oxygen atoms in total. The van der Waals surface area contributed by atoms with Crippen LogP contribution in [0, 0.1) is 0 Å². The minimum atomic E-state index is -0.608. The third-order valence-electron chi connectivity index (χ3n) is 3.43. The maximum Gasteiger partial charge on any atom is 0.250 e. The second kappa shape index (κ2) is 10.6. The van der Waals surface area contributed by atoms with Gasteiger partial charge in [-0.05, 0) is 23.3 Å². The molecule has 1 amide bonds. The molecular formula is C18H23ClN2O3. The fourth-order valence-electron chi connectivity index (χ4n) is 2.06. The van der Waals surface area contributed by atoms with Crippen molar-refractivity contribution < 1.29 is 14.3 Å². The summed E-state index contributed by atoms with van der Waals surface area (Å²) in [7, 11) is 1.47. The number of hydrogen-bond donors (Lipinski definition) is 2. The molecule has 0 fully saturated rings. The van der Waals surface area contributed by atoms with Gasteiger partial charge < -0.3 is 20.5 Å². The van der Waals surface area contributed by atoms with Gasteiger partial charge in [0, 0.05) is 20.2 Å². The zero-order chi connectivity index (χ0) is 16.5. The maximum atomic E-state index is 11.8. The number of amides is 1. The monoisotopic (exact) mass is 350 g/mol. The minimum absolute atomic E-state index is 0. The van der Waals surface area contributed by atoms with E-state index in [1.165, 1.54) is 7.11 Å². The highest BCUT2D eigenvalue weighted by Crippen LogP contribution is 2.14. The molecule has 3 N–H and O–H groups in total. The van der Waals surface area contributed by atoms with E-state index < -0.39 is 6.10 Å². The molecule has 2 aromatic carbocycles. The van der Waals surface area contributed by atoms with Gasteiger partial charge in [0.05, 0.1) is 0 Å². The van der Waals surface area contributed by atoms with Crippen LogP contribution in [-0.2, 0) is 22.7 Å². The number of halogens is 1. The van der Waals surface area contributed by atoms with E-state index in [4.69, 9.17) is 15.2 Å². The molecule has 0 bridgehead atoms. The average Bonchev–Trinajstić information content (AvgIpc) is 2.61. The minimum Gasteiger partial charge on any atom is -0.489 e. The van der Waals surface area contributed by atoms with Gasteiger partial charge in [-0.25, -0.2) is 0 Å². The Morgan fingerprint density at radius 2 is 1.75 bits per heavy atom. The molecule has 1 unspecified atom stereocenters. The van der Waals surface area contributed by atoms with Crippen molar-refractivity contribution in [3.63, 3.8) is 0 Å². The number of nitrogens with one attached hydrogen (secondary N) is 1. The van der Waals surface area contributed by atoms with E-state index in [1.54, 1.807) is 0 Å². The number of carbonyl (C=O) groups is 1. The van der Waals surface area contributed by atoms with E-state index in [-0.39, 0.29) is 24.9 Å². The van der Waals surface area contributed by atoms with Gasteiger partial charge in [-0.2, -0.15) is 0 Å². The van der Waals surface area contributed by atoms with Gasteiger partial charge >= 0.3 is 0 Å². The number of nitrogens with two attached hydrogens (primary N) is 1. The topological polar surface area (TPSA) is 73.6 Å². The molecule has 0 heterocycles. The fourth-order valence-corrected chi connectivity index (χ4v) is 2.06. The standard InChI is InChI=1S/C18H22N2O3.ClH/c1-22-17(11-19)18(21)20-12-14-7-9-16(10-8-14)23-13-15-5-3-2-4-6-15;/h2-10,17H,11-13,19H2,1H3,(H,20,21);1H. The quantitative estimate of drug-likeness (QED) is 0.766. The number of benzene rings is 2. The number of hydrogen-bond acceptors (Lipinski definition) is 4. The fraction of sp³-hybridized carbons (Fsp3) is 0.278. The molecule has 6 heteroatoms. The lowest BCUT2D eigenvalue weighted by Crippen LogP contribution is -2.40. The average molecular weight is 351 g/mol. The van der Waals surface area contributed by atoms with Gasteiger partial charge in [-0.3, -0.25) is 4.79 Å². The summed E-state index contributed by atoms with van der Waals surface area (Å²) in [5.74, 6) is 0.583. The first-order chi connectivity index (χ1) is 11.2. The molecule has 0 aliphatic heterocycles.